The van der Waals surface area contributed by atoms with Crippen LogP contribution in [0, 0.1) is 5.92 Å². The third-order valence-electron chi connectivity index (χ3n) is 5.30. The summed E-state index contributed by atoms with van der Waals surface area (Å²) in [6, 6.07) is 18.2. The zero-order valence-electron chi connectivity index (χ0n) is 15.8. The molecule has 3 aromatic rings. The quantitative estimate of drug-likeness (QED) is 0.490. The maximum atomic E-state index is 13.2. The number of carbonyl (C=O) groups is 1. The first kappa shape index (κ1) is 19.2. The summed E-state index contributed by atoms with van der Waals surface area (Å²) in [4.78, 5) is 19.9. The minimum atomic E-state index is 0.138. The monoisotopic (exact) mass is 410 g/mol. The van der Waals surface area contributed by atoms with Gasteiger partial charge in [-0.3, -0.25) is 4.79 Å². The van der Waals surface area contributed by atoms with Crippen LogP contribution in [0.4, 0.5) is 0 Å². The van der Waals surface area contributed by atoms with Crippen LogP contribution in [0.3, 0.4) is 0 Å². The zero-order chi connectivity index (χ0) is 19.5. The molecule has 5 heteroatoms. The maximum absolute atomic E-state index is 13.2. The highest BCUT2D eigenvalue weighted by molar-refractivity contribution is 7.13. The molecule has 0 spiro atoms. The number of thiazole rings is 1. The van der Waals surface area contributed by atoms with Crippen LogP contribution in [-0.2, 0) is 17.8 Å². The Morgan fingerprint density at radius 2 is 1.89 bits per heavy atom. The Labute approximate surface area is 175 Å². The lowest BCUT2D eigenvalue weighted by molar-refractivity contribution is -0.133. The maximum Gasteiger partial charge on any atom is 0.229 e. The van der Waals surface area contributed by atoms with Crippen molar-refractivity contribution >= 4 is 28.8 Å². The molecule has 0 aliphatic heterocycles. The molecule has 0 bridgehead atoms. The van der Waals surface area contributed by atoms with Crippen molar-refractivity contribution in [1.29, 1.82) is 0 Å². The van der Waals surface area contributed by atoms with Crippen LogP contribution in [0.1, 0.15) is 31.0 Å². The number of hydrogen-bond acceptors (Lipinski definition) is 3. The van der Waals surface area contributed by atoms with E-state index in [0.717, 1.165) is 16.3 Å². The van der Waals surface area contributed by atoms with Gasteiger partial charge in [-0.1, -0.05) is 60.1 Å². The highest BCUT2D eigenvalue weighted by Gasteiger charge is 2.34. The van der Waals surface area contributed by atoms with Crippen LogP contribution >= 0.6 is 22.9 Å². The fourth-order valence-corrected chi connectivity index (χ4v) is 4.62. The van der Waals surface area contributed by atoms with E-state index in [1.54, 1.807) is 0 Å². The molecule has 1 aliphatic carbocycles. The first-order chi connectivity index (χ1) is 13.6. The minimum Gasteiger partial charge on any atom is -0.335 e. The van der Waals surface area contributed by atoms with Gasteiger partial charge in [-0.15, -0.1) is 11.3 Å². The van der Waals surface area contributed by atoms with Gasteiger partial charge in [0.25, 0.3) is 0 Å². The van der Waals surface area contributed by atoms with E-state index in [9.17, 15) is 4.79 Å². The van der Waals surface area contributed by atoms with Gasteiger partial charge in [0.05, 0.1) is 17.1 Å². The Balaban J connectivity index is 1.50. The Morgan fingerprint density at radius 3 is 2.61 bits per heavy atom. The van der Waals surface area contributed by atoms with Crippen molar-refractivity contribution in [3.63, 3.8) is 0 Å². The number of nitrogens with zero attached hydrogens (tertiary/aromatic N) is 2. The van der Waals surface area contributed by atoms with E-state index in [-0.39, 0.29) is 11.9 Å². The number of aromatic nitrogens is 1. The highest BCUT2D eigenvalue weighted by atomic mass is 35.5. The van der Waals surface area contributed by atoms with E-state index in [4.69, 9.17) is 11.6 Å². The standard InChI is InChI=1S/C23H23ClN2OS/c1-16(18-11-12-18)26(14-17-7-3-2-4-8-17)22(27)13-19-15-28-23(25-19)20-9-5-6-10-21(20)24/h2-10,15-16,18H,11-14H2,1H3. The minimum absolute atomic E-state index is 0.138. The van der Waals surface area contributed by atoms with Gasteiger partial charge in [-0.05, 0) is 37.3 Å². The third-order valence-corrected chi connectivity index (χ3v) is 6.55. The SMILES string of the molecule is CC(C1CC1)N(Cc1ccccc1)C(=O)Cc1csc(-c2ccccc2Cl)n1. The van der Waals surface area contributed by atoms with Crippen molar-refractivity contribution in [1.82, 2.24) is 9.88 Å². The predicted molar refractivity (Wildman–Crippen MR) is 115 cm³/mol. The van der Waals surface area contributed by atoms with Crippen molar-refractivity contribution in [2.45, 2.75) is 38.8 Å². The number of amides is 1. The van der Waals surface area contributed by atoms with Crippen molar-refractivity contribution < 1.29 is 4.79 Å². The summed E-state index contributed by atoms with van der Waals surface area (Å²) in [6.07, 6.45) is 2.75. The second-order valence-electron chi connectivity index (χ2n) is 7.39. The van der Waals surface area contributed by atoms with Crippen LogP contribution in [0.25, 0.3) is 10.6 Å². The van der Waals surface area contributed by atoms with Gasteiger partial charge in [0, 0.05) is 23.5 Å². The summed E-state index contributed by atoms with van der Waals surface area (Å²) >= 11 is 7.82. The van der Waals surface area contributed by atoms with E-state index < -0.39 is 0 Å². The van der Waals surface area contributed by atoms with Gasteiger partial charge in [0.2, 0.25) is 5.91 Å². The molecule has 3 nitrogen and oxygen atoms in total. The van der Waals surface area contributed by atoms with E-state index in [1.807, 2.05) is 52.7 Å². The largest absolute Gasteiger partial charge is 0.335 e. The molecule has 1 saturated carbocycles. The van der Waals surface area contributed by atoms with Gasteiger partial charge >= 0.3 is 0 Å². The molecule has 4 rings (SSSR count). The molecule has 1 atom stereocenters. The number of rotatable bonds is 7. The molecule has 144 valence electrons. The summed E-state index contributed by atoms with van der Waals surface area (Å²) in [5.41, 5.74) is 2.89. The molecular weight excluding hydrogens is 388 g/mol. The summed E-state index contributed by atoms with van der Waals surface area (Å²) < 4.78 is 0. The van der Waals surface area contributed by atoms with Gasteiger partial charge < -0.3 is 4.90 Å². The van der Waals surface area contributed by atoms with E-state index in [0.29, 0.717) is 23.9 Å². The van der Waals surface area contributed by atoms with E-state index in [2.05, 4.69) is 24.0 Å². The fraction of sp³-hybridized carbons (Fsp3) is 0.304. The predicted octanol–water partition coefficient (Wildman–Crippen LogP) is 5.83. The molecule has 1 heterocycles. The summed E-state index contributed by atoms with van der Waals surface area (Å²) in [7, 11) is 0. The van der Waals surface area contributed by atoms with Crippen LogP contribution in [0.15, 0.2) is 60.0 Å². The van der Waals surface area contributed by atoms with Crippen molar-refractivity contribution in [2.24, 2.45) is 5.92 Å². The van der Waals surface area contributed by atoms with E-state index >= 15 is 0 Å². The molecule has 2 aromatic carbocycles. The van der Waals surface area contributed by atoms with Crippen molar-refractivity contribution in [3.05, 3.63) is 76.3 Å². The smallest absolute Gasteiger partial charge is 0.229 e. The number of carbonyl (C=O) groups excluding carboxylic acids is 1. The zero-order valence-corrected chi connectivity index (χ0v) is 17.4. The third kappa shape index (κ3) is 4.45. The first-order valence-electron chi connectivity index (χ1n) is 9.64. The molecule has 28 heavy (non-hydrogen) atoms. The fourth-order valence-electron chi connectivity index (χ4n) is 3.48. The summed E-state index contributed by atoms with van der Waals surface area (Å²) in [5.74, 6) is 0.765. The lowest BCUT2D eigenvalue weighted by Crippen LogP contribution is -2.40. The van der Waals surface area contributed by atoms with Crippen molar-refractivity contribution in [2.75, 3.05) is 0 Å². The molecule has 0 radical (unpaired) electrons. The summed E-state index contributed by atoms with van der Waals surface area (Å²) in [6.45, 7) is 2.83. The normalized spacial score (nSPS) is 14.6. The van der Waals surface area contributed by atoms with E-state index in [1.165, 1.54) is 29.7 Å². The van der Waals surface area contributed by atoms with Crippen LogP contribution < -0.4 is 0 Å². The number of hydrogen-bond donors (Lipinski definition) is 0. The van der Waals surface area contributed by atoms with Gasteiger partial charge in [0.15, 0.2) is 0 Å². The topological polar surface area (TPSA) is 33.2 Å². The number of halogens is 1. The lowest BCUT2D eigenvalue weighted by atomic mass is 10.1. The molecule has 1 unspecified atom stereocenters. The molecule has 0 N–H and O–H groups in total. The molecule has 1 aromatic heterocycles. The first-order valence-corrected chi connectivity index (χ1v) is 10.9. The lowest BCUT2D eigenvalue weighted by Gasteiger charge is -2.29. The average molecular weight is 411 g/mol. The van der Waals surface area contributed by atoms with Crippen LogP contribution in [0.5, 0.6) is 0 Å². The molecule has 1 aliphatic rings. The number of benzene rings is 2. The van der Waals surface area contributed by atoms with Gasteiger partial charge in [0.1, 0.15) is 5.01 Å². The molecule has 1 amide bonds. The second kappa shape index (κ2) is 8.46. The molecule has 0 saturated heterocycles. The highest BCUT2D eigenvalue weighted by Crippen LogP contribution is 2.36. The van der Waals surface area contributed by atoms with Crippen LogP contribution in [0.2, 0.25) is 5.02 Å². The summed E-state index contributed by atoms with van der Waals surface area (Å²) in [5, 5.41) is 3.51. The molecule has 1 fully saturated rings. The molecular formula is C23H23ClN2OS. The van der Waals surface area contributed by atoms with Crippen molar-refractivity contribution in [3.8, 4) is 10.6 Å². The van der Waals surface area contributed by atoms with Gasteiger partial charge in [-0.25, -0.2) is 4.98 Å². The van der Waals surface area contributed by atoms with Crippen LogP contribution in [-0.4, -0.2) is 21.8 Å². The Hall–Kier alpha value is -2.17. The Bertz CT molecular complexity index is 952. The second-order valence-corrected chi connectivity index (χ2v) is 8.65. The average Bonchev–Trinajstić information content (AvgIpc) is 3.46. The van der Waals surface area contributed by atoms with Gasteiger partial charge in [-0.2, -0.15) is 0 Å². The Kier molecular flexibility index (Phi) is 5.79. The Morgan fingerprint density at radius 1 is 1.18 bits per heavy atom.